The largest absolute Gasteiger partial charge is 0.479 e. The first-order chi connectivity index (χ1) is 7.54. The Morgan fingerprint density at radius 1 is 1.50 bits per heavy atom. The van der Waals surface area contributed by atoms with Crippen molar-refractivity contribution in [2.45, 2.75) is 19.4 Å². The molecule has 0 aliphatic heterocycles. The summed E-state index contributed by atoms with van der Waals surface area (Å²) in [5.74, 6) is -1.15. The van der Waals surface area contributed by atoms with Gasteiger partial charge < -0.3 is 19.9 Å². The molecule has 3 N–H and O–H groups in total. The van der Waals surface area contributed by atoms with Crippen molar-refractivity contribution in [3.05, 3.63) is 23.7 Å². The standard InChI is InChI=1S/C10H13NO5/c1-2-6-3-4-8(16-6)9(13)11-5-7(12)10(14)15/h3-4,7,12H,2,5H2,1H3,(H,11,13)(H,14,15). The molecule has 1 aromatic heterocycles. The molecule has 6 nitrogen and oxygen atoms in total. The number of carbonyl (C=O) groups excluding carboxylic acids is 1. The van der Waals surface area contributed by atoms with Gasteiger partial charge in [0.15, 0.2) is 11.9 Å². The highest BCUT2D eigenvalue weighted by Crippen LogP contribution is 2.07. The van der Waals surface area contributed by atoms with Gasteiger partial charge in [0.1, 0.15) is 5.76 Å². The molecule has 0 fully saturated rings. The average Bonchev–Trinajstić information content (AvgIpc) is 2.73. The van der Waals surface area contributed by atoms with Crippen LogP contribution in [0.3, 0.4) is 0 Å². The van der Waals surface area contributed by atoms with Crippen molar-refractivity contribution < 1.29 is 24.2 Å². The van der Waals surface area contributed by atoms with Crippen molar-refractivity contribution in [1.29, 1.82) is 0 Å². The molecular weight excluding hydrogens is 214 g/mol. The van der Waals surface area contributed by atoms with Crippen LogP contribution in [-0.2, 0) is 11.2 Å². The van der Waals surface area contributed by atoms with Crippen LogP contribution in [-0.4, -0.2) is 34.7 Å². The normalized spacial score (nSPS) is 12.1. The molecule has 1 amide bonds. The number of carboxylic acid groups (broad SMARTS) is 1. The van der Waals surface area contributed by atoms with Gasteiger partial charge in [-0.1, -0.05) is 6.92 Å². The van der Waals surface area contributed by atoms with Crippen LogP contribution >= 0.6 is 0 Å². The number of furan rings is 1. The quantitative estimate of drug-likeness (QED) is 0.658. The Morgan fingerprint density at radius 2 is 2.19 bits per heavy atom. The Bertz CT molecular complexity index is 384. The maximum absolute atomic E-state index is 11.4. The zero-order valence-electron chi connectivity index (χ0n) is 8.77. The molecule has 16 heavy (non-hydrogen) atoms. The van der Waals surface area contributed by atoms with E-state index in [1.165, 1.54) is 6.07 Å². The molecule has 0 aliphatic carbocycles. The molecule has 0 saturated carbocycles. The number of carbonyl (C=O) groups is 2. The van der Waals surface area contributed by atoms with Crippen molar-refractivity contribution in [2.24, 2.45) is 0 Å². The van der Waals surface area contributed by atoms with E-state index >= 15 is 0 Å². The minimum Gasteiger partial charge on any atom is -0.479 e. The predicted octanol–water partition coefficient (Wildman–Crippen LogP) is 0.0173. The molecule has 88 valence electrons. The van der Waals surface area contributed by atoms with Crippen LogP contribution in [0, 0.1) is 0 Å². The third kappa shape index (κ3) is 3.09. The maximum atomic E-state index is 11.4. The Balaban J connectivity index is 2.49. The lowest BCUT2D eigenvalue weighted by Gasteiger charge is -2.05. The summed E-state index contributed by atoms with van der Waals surface area (Å²) in [5, 5.41) is 19.6. The van der Waals surface area contributed by atoms with E-state index in [4.69, 9.17) is 14.6 Å². The molecular formula is C10H13NO5. The molecule has 0 bridgehead atoms. The summed E-state index contributed by atoms with van der Waals surface area (Å²) in [6, 6.07) is 3.17. The van der Waals surface area contributed by atoms with E-state index in [9.17, 15) is 9.59 Å². The fourth-order valence-corrected chi connectivity index (χ4v) is 1.05. The van der Waals surface area contributed by atoms with Crippen LogP contribution in [0.1, 0.15) is 23.2 Å². The molecule has 1 aromatic rings. The van der Waals surface area contributed by atoms with Crippen LogP contribution in [0.4, 0.5) is 0 Å². The van der Waals surface area contributed by atoms with Gasteiger partial charge in [0.05, 0.1) is 6.54 Å². The van der Waals surface area contributed by atoms with Gasteiger partial charge in [-0.25, -0.2) is 4.79 Å². The zero-order valence-corrected chi connectivity index (χ0v) is 8.77. The molecule has 1 rings (SSSR count). The number of nitrogens with one attached hydrogen (secondary N) is 1. The van der Waals surface area contributed by atoms with E-state index in [1.54, 1.807) is 6.07 Å². The fourth-order valence-electron chi connectivity index (χ4n) is 1.05. The van der Waals surface area contributed by atoms with Crippen LogP contribution < -0.4 is 5.32 Å². The van der Waals surface area contributed by atoms with E-state index in [0.29, 0.717) is 12.2 Å². The number of carboxylic acids is 1. The van der Waals surface area contributed by atoms with Gasteiger partial charge in [-0.3, -0.25) is 4.79 Å². The fraction of sp³-hybridized carbons (Fsp3) is 0.400. The van der Waals surface area contributed by atoms with Crippen molar-refractivity contribution in [3.63, 3.8) is 0 Å². The summed E-state index contributed by atoms with van der Waals surface area (Å²) in [5.41, 5.74) is 0. The number of aryl methyl sites for hydroxylation is 1. The second kappa shape index (κ2) is 5.32. The topological polar surface area (TPSA) is 99.8 Å². The second-order valence-corrected chi connectivity index (χ2v) is 3.18. The number of amides is 1. The first-order valence-electron chi connectivity index (χ1n) is 4.82. The van der Waals surface area contributed by atoms with E-state index < -0.39 is 18.0 Å². The molecule has 1 heterocycles. The molecule has 1 atom stereocenters. The van der Waals surface area contributed by atoms with Gasteiger partial charge in [-0.05, 0) is 12.1 Å². The summed E-state index contributed by atoms with van der Waals surface area (Å²) in [6.45, 7) is 1.53. The Morgan fingerprint density at radius 3 is 2.69 bits per heavy atom. The minimum absolute atomic E-state index is 0.106. The van der Waals surface area contributed by atoms with E-state index in [0.717, 1.165) is 0 Å². The van der Waals surface area contributed by atoms with Gasteiger partial charge in [-0.2, -0.15) is 0 Å². The number of aliphatic hydroxyl groups is 1. The summed E-state index contributed by atoms with van der Waals surface area (Å²) in [4.78, 5) is 21.7. The molecule has 0 aliphatic rings. The monoisotopic (exact) mass is 227 g/mol. The molecule has 1 unspecified atom stereocenters. The highest BCUT2D eigenvalue weighted by molar-refractivity contribution is 5.91. The first-order valence-corrected chi connectivity index (χ1v) is 4.82. The minimum atomic E-state index is -1.61. The first kappa shape index (κ1) is 12.3. The van der Waals surface area contributed by atoms with Crippen LogP contribution in [0.2, 0.25) is 0 Å². The number of hydrogen-bond acceptors (Lipinski definition) is 4. The molecule has 0 saturated heterocycles. The SMILES string of the molecule is CCc1ccc(C(=O)NCC(O)C(=O)O)o1. The van der Waals surface area contributed by atoms with Gasteiger partial charge in [0, 0.05) is 6.42 Å². The Kier molecular flexibility index (Phi) is 4.07. The Labute approximate surface area is 91.9 Å². The highest BCUT2D eigenvalue weighted by Gasteiger charge is 2.16. The summed E-state index contributed by atoms with van der Waals surface area (Å²) in [6.07, 6.45) is -0.935. The van der Waals surface area contributed by atoms with Gasteiger partial charge in [-0.15, -0.1) is 0 Å². The maximum Gasteiger partial charge on any atom is 0.334 e. The highest BCUT2D eigenvalue weighted by atomic mass is 16.4. The summed E-state index contributed by atoms with van der Waals surface area (Å²) in [7, 11) is 0. The average molecular weight is 227 g/mol. The lowest BCUT2D eigenvalue weighted by Crippen LogP contribution is -2.36. The molecule has 6 heteroatoms. The number of aliphatic carboxylic acids is 1. The number of rotatable bonds is 5. The van der Waals surface area contributed by atoms with E-state index in [1.807, 2.05) is 6.92 Å². The van der Waals surface area contributed by atoms with Crippen molar-refractivity contribution in [1.82, 2.24) is 5.32 Å². The molecule has 0 radical (unpaired) electrons. The summed E-state index contributed by atoms with van der Waals surface area (Å²) < 4.78 is 5.15. The molecule has 0 aromatic carbocycles. The Hall–Kier alpha value is -1.82. The number of hydrogen-bond donors (Lipinski definition) is 3. The van der Waals surface area contributed by atoms with E-state index in [-0.39, 0.29) is 12.3 Å². The zero-order chi connectivity index (χ0) is 12.1. The third-order valence-electron chi connectivity index (χ3n) is 1.97. The van der Waals surface area contributed by atoms with Gasteiger partial charge in [0.2, 0.25) is 0 Å². The molecule has 0 spiro atoms. The lowest BCUT2D eigenvalue weighted by atomic mass is 10.3. The van der Waals surface area contributed by atoms with Crippen molar-refractivity contribution >= 4 is 11.9 Å². The van der Waals surface area contributed by atoms with E-state index in [2.05, 4.69) is 5.32 Å². The smallest absolute Gasteiger partial charge is 0.334 e. The van der Waals surface area contributed by atoms with Crippen LogP contribution in [0.15, 0.2) is 16.5 Å². The third-order valence-corrected chi connectivity index (χ3v) is 1.97. The van der Waals surface area contributed by atoms with Gasteiger partial charge >= 0.3 is 5.97 Å². The number of aliphatic hydroxyl groups excluding tert-OH is 1. The van der Waals surface area contributed by atoms with Gasteiger partial charge in [0.25, 0.3) is 5.91 Å². The van der Waals surface area contributed by atoms with Crippen molar-refractivity contribution in [2.75, 3.05) is 6.54 Å². The lowest BCUT2D eigenvalue weighted by molar-refractivity contribution is -0.146. The summed E-state index contributed by atoms with van der Waals surface area (Å²) >= 11 is 0. The van der Waals surface area contributed by atoms with Crippen LogP contribution in [0.5, 0.6) is 0 Å². The van der Waals surface area contributed by atoms with Crippen LogP contribution in [0.25, 0.3) is 0 Å². The second-order valence-electron chi connectivity index (χ2n) is 3.18. The predicted molar refractivity (Wildman–Crippen MR) is 54.1 cm³/mol. The van der Waals surface area contributed by atoms with Crippen molar-refractivity contribution in [3.8, 4) is 0 Å².